The molecule has 0 aliphatic heterocycles. The molecule has 2 rings (SSSR count). The molecule has 0 aliphatic carbocycles. The molecule has 1 aromatic heterocycles. The third-order valence-electron chi connectivity index (χ3n) is 3.91. The van der Waals surface area contributed by atoms with Gasteiger partial charge in [0.25, 0.3) is 5.91 Å². The maximum Gasteiger partial charge on any atom is 0.274 e. The summed E-state index contributed by atoms with van der Waals surface area (Å²) < 4.78 is 0. The van der Waals surface area contributed by atoms with Gasteiger partial charge in [-0.3, -0.25) is 4.79 Å². The summed E-state index contributed by atoms with van der Waals surface area (Å²) in [6, 6.07) is 7.61. The van der Waals surface area contributed by atoms with Gasteiger partial charge in [-0.25, -0.2) is 9.97 Å². The molecule has 0 atom stereocenters. The summed E-state index contributed by atoms with van der Waals surface area (Å²) in [5.41, 5.74) is 3.51. The van der Waals surface area contributed by atoms with Crippen molar-refractivity contribution in [1.29, 1.82) is 0 Å². The van der Waals surface area contributed by atoms with Crippen molar-refractivity contribution in [3.63, 3.8) is 0 Å². The van der Waals surface area contributed by atoms with Crippen LogP contribution in [0, 0.1) is 20.8 Å². The topological polar surface area (TPSA) is 58.1 Å². The van der Waals surface area contributed by atoms with Gasteiger partial charge in [0.15, 0.2) is 0 Å². The number of nitrogens with zero attached hydrogens (tertiary/aromatic N) is 3. The summed E-state index contributed by atoms with van der Waals surface area (Å²) in [7, 11) is 0. The molecule has 0 saturated carbocycles. The summed E-state index contributed by atoms with van der Waals surface area (Å²) in [5, 5.41) is 2.91. The van der Waals surface area contributed by atoms with Crippen LogP contribution in [0.15, 0.2) is 24.3 Å². The van der Waals surface area contributed by atoms with Crippen LogP contribution in [0.3, 0.4) is 0 Å². The minimum Gasteiger partial charge on any atom is -0.357 e. The van der Waals surface area contributed by atoms with E-state index in [-0.39, 0.29) is 5.91 Å². The zero-order valence-corrected chi connectivity index (χ0v) is 14.5. The molecule has 1 amide bonds. The molecule has 0 bridgehead atoms. The van der Waals surface area contributed by atoms with E-state index >= 15 is 0 Å². The molecule has 0 unspecified atom stereocenters. The number of aromatic nitrogens is 2. The van der Waals surface area contributed by atoms with Crippen molar-refractivity contribution in [3.05, 3.63) is 46.9 Å². The van der Waals surface area contributed by atoms with Crippen LogP contribution in [0.1, 0.15) is 41.3 Å². The summed E-state index contributed by atoms with van der Waals surface area (Å²) >= 11 is 0. The first-order chi connectivity index (χ1) is 10.9. The van der Waals surface area contributed by atoms with Crippen molar-refractivity contribution in [2.45, 2.75) is 34.6 Å². The molecule has 1 aromatic carbocycles. The van der Waals surface area contributed by atoms with Gasteiger partial charge in [-0.1, -0.05) is 6.07 Å². The molecule has 0 fully saturated rings. The first kappa shape index (κ1) is 16.9. The Labute approximate surface area is 137 Å². The minimum absolute atomic E-state index is 0.216. The van der Waals surface area contributed by atoms with Crippen LogP contribution in [-0.4, -0.2) is 29.0 Å². The highest BCUT2D eigenvalue weighted by molar-refractivity contribution is 6.03. The number of nitrogens with one attached hydrogen (secondary N) is 1. The van der Waals surface area contributed by atoms with Crippen molar-refractivity contribution in [2.75, 3.05) is 23.3 Å². The normalized spacial score (nSPS) is 10.5. The fourth-order valence-electron chi connectivity index (χ4n) is 2.39. The monoisotopic (exact) mass is 312 g/mol. The predicted octanol–water partition coefficient (Wildman–Crippen LogP) is 3.50. The van der Waals surface area contributed by atoms with E-state index in [2.05, 4.69) is 34.0 Å². The SMILES string of the molecule is CCN(CC)c1cc(C(=O)Nc2ccc(C)c(C)c2)nc(C)n1. The van der Waals surface area contributed by atoms with E-state index in [1.165, 1.54) is 5.56 Å². The fraction of sp³-hybridized carbons (Fsp3) is 0.389. The molecule has 5 nitrogen and oxygen atoms in total. The highest BCUT2D eigenvalue weighted by atomic mass is 16.1. The highest BCUT2D eigenvalue weighted by Crippen LogP contribution is 2.17. The number of carbonyl (C=O) groups is 1. The molecule has 5 heteroatoms. The molecule has 23 heavy (non-hydrogen) atoms. The number of benzene rings is 1. The summed E-state index contributed by atoms with van der Waals surface area (Å²) in [6.07, 6.45) is 0. The summed E-state index contributed by atoms with van der Waals surface area (Å²) in [5.74, 6) is 1.17. The van der Waals surface area contributed by atoms with Crippen molar-refractivity contribution in [3.8, 4) is 0 Å². The second kappa shape index (κ2) is 7.22. The maximum absolute atomic E-state index is 12.5. The van der Waals surface area contributed by atoms with E-state index < -0.39 is 0 Å². The van der Waals surface area contributed by atoms with Crippen LogP contribution in [0.4, 0.5) is 11.5 Å². The maximum atomic E-state index is 12.5. The van der Waals surface area contributed by atoms with Crippen LogP contribution in [0.5, 0.6) is 0 Å². The van der Waals surface area contributed by atoms with E-state index in [1.807, 2.05) is 32.0 Å². The van der Waals surface area contributed by atoms with Gasteiger partial charge in [0, 0.05) is 24.8 Å². The quantitative estimate of drug-likeness (QED) is 0.918. The molecule has 0 aliphatic rings. The van der Waals surface area contributed by atoms with E-state index in [4.69, 9.17) is 0 Å². The van der Waals surface area contributed by atoms with Crippen LogP contribution < -0.4 is 10.2 Å². The lowest BCUT2D eigenvalue weighted by Gasteiger charge is -2.20. The predicted molar refractivity (Wildman–Crippen MR) is 94.2 cm³/mol. The molecular weight excluding hydrogens is 288 g/mol. The lowest BCUT2D eigenvalue weighted by atomic mass is 10.1. The van der Waals surface area contributed by atoms with E-state index in [9.17, 15) is 4.79 Å². The third kappa shape index (κ3) is 4.06. The number of aryl methyl sites for hydroxylation is 3. The number of rotatable bonds is 5. The van der Waals surface area contributed by atoms with Crippen LogP contribution in [0.2, 0.25) is 0 Å². The Morgan fingerprint density at radius 1 is 1.04 bits per heavy atom. The Hall–Kier alpha value is -2.43. The van der Waals surface area contributed by atoms with Gasteiger partial charge in [0.1, 0.15) is 17.3 Å². The lowest BCUT2D eigenvalue weighted by Crippen LogP contribution is -2.24. The van der Waals surface area contributed by atoms with Gasteiger partial charge in [-0.05, 0) is 57.9 Å². The summed E-state index contributed by atoms with van der Waals surface area (Å²) in [6.45, 7) is 11.7. The molecule has 1 heterocycles. The first-order valence-electron chi connectivity index (χ1n) is 7.93. The highest BCUT2D eigenvalue weighted by Gasteiger charge is 2.13. The first-order valence-corrected chi connectivity index (χ1v) is 7.93. The zero-order chi connectivity index (χ0) is 17.0. The van der Waals surface area contributed by atoms with E-state index in [0.717, 1.165) is 30.2 Å². The van der Waals surface area contributed by atoms with Gasteiger partial charge in [0.2, 0.25) is 0 Å². The number of hydrogen-bond acceptors (Lipinski definition) is 4. The number of hydrogen-bond donors (Lipinski definition) is 1. The lowest BCUT2D eigenvalue weighted by molar-refractivity contribution is 0.102. The van der Waals surface area contributed by atoms with Crippen LogP contribution >= 0.6 is 0 Å². The second-order valence-electron chi connectivity index (χ2n) is 5.58. The van der Waals surface area contributed by atoms with Gasteiger partial charge < -0.3 is 10.2 Å². The smallest absolute Gasteiger partial charge is 0.274 e. The standard InChI is InChI=1S/C18H24N4O/c1-6-22(7-2)17-11-16(19-14(5)20-17)18(23)21-15-9-8-12(3)13(4)10-15/h8-11H,6-7H2,1-5H3,(H,21,23). The molecule has 1 N–H and O–H groups in total. The van der Waals surface area contributed by atoms with Gasteiger partial charge in [0.05, 0.1) is 0 Å². The minimum atomic E-state index is -0.216. The Bertz CT molecular complexity index is 708. The zero-order valence-electron chi connectivity index (χ0n) is 14.5. The Balaban J connectivity index is 2.26. The Morgan fingerprint density at radius 3 is 2.35 bits per heavy atom. The fourth-order valence-corrected chi connectivity index (χ4v) is 2.39. The Kier molecular flexibility index (Phi) is 5.32. The molecular formula is C18H24N4O. The van der Waals surface area contributed by atoms with Crippen molar-refractivity contribution < 1.29 is 4.79 Å². The van der Waals surface area contributed by atoms with Crippen LogP contribution in [0.25, 0.3) is 0 Å². The van der Waals surface area contributed by atoms with Crippen molar-refractivity contribution in [2.24, 2.45) is 0 Å². The number of anilines is 2. The average Bonchev–Trinajstić information content (AvgIpc) is 2.51. The van der Waals surface area contributed by atoms with E-state index in [0.29, 0.717) is 11.5 Å². The molecule has 0 radical (unpaired) electrons. The van der Waals surface area contributed by atoms with Gasteiger partial charge in [-0.15, -0.1) is 0 Å². The molecule has 2 aromatic rings. The molecule has 0 spiro atoms. The van der Waals surface area contributed by atoms with Gasteiger partial charge in [-0.2, -0.15) is 0 Å². The number of carbonyl (C=O) groups excluding carboxylic acids is 1. The Morgan fingerprint density at radius 2 is 1.74 bits per heavy atom. The van der Waals surface area contributed by atoms with Crippen molar-refractivity contribution >= 4 is 17.4 Å². The number of amides is 1. The van der Waals surface area contributed by atoms with Gasteiger partial charge >= 0.3 is 0 Å². The molecule has 0 saturated heterocycles. The third-order valence-corrected chi connectivity index (χ3v) is 3.91. The van der Waals surface area contributed by atoms with E-state index in [1.54, 1.807) is 13.0 Å². The largest absolute Gasteiger partial charge is 0.357 e. The van der Waals surface area contributed by atoms with Crippen LogP contribution in [-0.2, 0) is 0 Å². The molecule has 122 valence electrons. The van der Waals surface area contributed by atoms with Crippen molar-refractivity contribution in [1.82, 2.24) is 9.97 Å². The summed E-state index contributed by atoms with van der Waals surface area (Å²) in [4.78, 5) is 23.3. The average molecular weight is 312 g/mol. The second-order valence-corrected chi connectivity index (χ2v) is 5.58.